The van der Waals surface area contributed by atoms with Gasteiger partial charge in [0.25, 0.3) is 0 Å². The van der Waals surface area contributed by atoms with Crippen LogP contribution < -0.4 is 0 Å². The van der Waals surface area contributed by atoms with Gasteiger partial charge in [0.15, 0.2) is 5.60 Å². The minimum Gasteiger partial charge on any atom is -0.394 e. The van der Waals surface area contributed by atoms with E-state index < -0.39 is 111 Å². The number of ketones is 1. The molecule has 13 N–H and O–H groups in total. The summed E-state index contributed by atoms with van der Waals surface area (Å²) < 4.78 is 10.2. The van der Waals surface area contributed by atoms with E-state index in [1.807, 2.05) is 0 Å². The van der Waals surface area contributed by atoms with Crippen LogP contribution in [0.25, 0.3) is 0 Å². The second kappa shape index (κ2) is 11.4. The molecule has 2 rings (SSSR count). The lowest BCUT2D eigenvalue weighted by Gasteiger charge is -2.50. The molecule has 0 aliphatic carbocycles. The van der Waals surface area contributed by atoms with Gasteiger partial charge in [0, 0.05) is 0 Å². The quantitative estimate of drug-likeness (QED) is 0.139. The van der Waals surface area contributed by atoms with Gasteiger partial charge >= 0.3 is 0 Å². The van der Waals surface area contributed by atoms with Crippen LogP contribution in [0.5, 0.6) is 0 Å². The number of carbonyl (C=O) groups is 1. The Balaban J connectivity index is 2.58. The standard InChI is InChI=1S/C18H32O16/c19-1-4(22)7(23)15(30)18(32,17-13(29)11(27)9(25)6(3-21)34-17)16(31)14-12(28)10(26)8(24)5(2-20)33-14/h4-15,17,19-30,32H,1-3H2/t4-,5-,6-,7+,8+,9+,10+,11+,12-,13-,14?,15+,17?,18-/m1/s1. The third-order valence-corrected chi connectivity index (χ3v) is 6.23. The summed E-state index contributed by atoms with van der Waals surface area (Å²) in [7, 11) is 0. The van der Waals surface area contributed by atoms with Gasteiger partial charge in [0.2, 0.25) is 5.78 Å². The molecule has 2 saturated heterocycles. The average molecular weight is 504 g/mol. The molecule has 2 heterocycles. The molecule has 0 radical (unpaired) electrons. The molecular weight excluding hydrogens is 472 g/mol. The van der Waals surface area contributed by atoms with Crippen LogP contribution in [0.2, 0.25) is 0 Å². The van der Waals surface area contributed by atoms with Crippen molar-refractivity contribution in [3.8, 4) is 0 Å². The van der Waals surface area contributed by atoms with E-state index >= 15 is 0 Å². The third kappa shape index (κ3) is 4.99. The van der Waals surface area contributed by atoms with E-state index in [-0.39, 0.29) is 0 Å². The van der Waals surface area contributed by atoms with Gasteiger partial charge in [-0.3, -0.25) is 4.79 Å². The SMILES string of the molecule is O=C(C1O[C@H](CO)[C@H](O)[C@H](O)[C@H]1O)[C@@](O)(C1O[C@H](CO)[C@H](O)[C@H](O)[C@H]1O)[C@@H](O)[C@@H](O)[C@H](O)CO. The Bertz CT molecular complexity index is 676. The van der Waals surface area contributed by atoms with Gasteiger partial charge in [-0.1, -0.05) is 0 Å². The number of carbonyl (C=O) groups excluding carboxylic acids is 1. The number of aliphatic hydroxyl groups is 13. The molecule has 0 spiro atoms. The van der Waals surface area contributed by atoms with E-state index in [9.17, 15) is 66.1 Å². The zero-order valence-electron chi connectivity index (χ0n) is 17.7. The molecule has 2 fully saturated rings. The molecule has 34 heavy (non-hydrogen) atoms. The fraction of sp³-hybridized carbons (Fsp3) is 0.944. The maximum atomic E-state index is 13.4. The second-order valence-electron chi connectivity index (χ2n) is 8.37. The van der Waals surface area contributed by atoms with Crippen LogP contribution in [0.4, 0.5) is 0 Å². The number of Topliss-reactive ketones (excluding diaryl/α,β-unsaturated/α-hetero) is 1. The van der Waals surface area contributed by atoms with Crippen LogP contribution in [0.1, 0.15) is 0 Å². The molecule has 0 aromatic carbocycles. The average Bonchev–Trinajstić information content (AvgIpc) is 2.83. The molecule has 16 heteroatoms. The van der Waals surface area contributed by atoms with Crippen LogP contribution in [0, 0.1) is 0 Å². The number of hydrogen-bond acceptors (Lipinski definition) is 16. The maximum Gasteiger partial charge on any atom is 0.201 e. The molecule has 200 valence electrons. The summed E-state index contributed by atoms with van der Waals surface area (Å²) in [5.41, 5.74) is -3.61. The Morgan fingerprint density at radius 1 is 0.735 bits per heavy atom. The van der Waals surface area contributed by atoms with Crippen LogP contribution in [-0.2, 0) is 14.3 Å². The molecule has 2 aliphatic rings. The summed E-state index contributed by atoms with van der Waals surface area (Å²) in [5, 5.41) is 130. The number of hydrogen-bond donors (Lipinski definition) is 13. The van der Waals surface area contributed by atoms with Crippen LogP contribution in [0.3, 0.4) is 0 Å². The molecular formula is C18H32O16. The van der Waals surface area contributed by atoms with Gasteiger partial charge in [0.05, 0.1) is 19.8 Å². The molecule has 2 aliphatic heterocycles. The first-order valence-corrected chi connectivity index (χ1v) is 10.3. The lowest BCUT2D eigenvalue weighted by molar-refractivity contribution is -0.293. The summed E-state index contributed by atoms with van der Waals surface area (Å²) >= 11 is 0. The van der Waals surface area contributed by atoms with Gasteiger partial charge in [-0.15, -0.1) is 0 Å². The predicted octanol–water partition coefficient (Wildman–Crippen LogP) is -8.95. The topological polar surface area (TPSA) is 299 Å². The number of rotatable bonds is 9. The Kier molecular flexibility index (Phi) is 9.84. The monoisotopic (exact) mass is 504 g/mol. The van der Waals surface area contributed by atoms with Crippen molar-refractivity contribution in [2.45, 2.75) is 85.0 Å². The largest absolute Gasteiger partial charge is 0.394 e. The van der Waals surface area contributed by atoms with E-state index in [0.29, 0.717) is 0 Å². The van der Waals surface area contributed by atoms with Crippen molar-refractivity contribution in [3.63, 3.8) is 0 Å². The molecule has 16 nitrogen and oxygen atoms in total. The Morgan fingerprint density at radius 2 is 1.21 bits per heavy atom. The normalized spacial score (nSPS) is 43.6. The molecule has 0 aromatic heterocycles. The first-order valence-electron chi connectivity index (χ1n) is 10.3. The molecule has 0 bridgehead atoms. The molecule has 0 saturated carbocycles. The highest BCUT2D eigenvalue weighted by atomic mass is 16.6. The third-order valence-electron chi connectivity index (χ3n) is 6.23. The molecule has 14 atom stereocenters. The number of aliphatic hydroxyl groups excluding tert-OH is 12. The Labute approximate surface area is 192 Å². The van der Waals surface area contributed by atoms with E-state index in [0.717, 1.165) is 0 Å². The minimum atomic E-state index is -3.61. The Morgan fingerprint density at radius 3 is 1.68 bits per heavy atom. The highest BCUT2D eigenvalue weighted by molar-refractivity contribution is 5.93. The van der Waals surface area contributed by atoms with E-state index in [2.05, 4.69) is 0 Å². The highest BCUT2D eigenvalue weighted by Gasteiger charge is 2.64. The van der Waals surface area contributed by atoms with Crippen molar-refractivity contribution < 1.29 is 80.7 Å². The lowest BCUT2D eigenvalue weighted by Crippen LogP contribution is -2.75. The van der Waals surface area contributed by atoms with Crippen LogP contribution in [-0.4, -0.2) is 177 Å². The smallest absolute Gasteiger partial charge is 0.201 e. The lowest BCUT2D eigenvalue weighted by atomic mass is 9.73. The zero-order valence-corrected chi connectivity index (χ0v) is 17.7. The van der Waals surface area contributed by atoms with Gasteiger partial charge in [0.1, 0.15) is 79.4 Å². The summed E-state index contributed by atoms with van der Waals surface area (Å²) in [5.74, 6) is -1.81. The van der Waals surface area contributed by atoms with Gasteiger partial charge < -0.3 is 75.9 Å². The van der Waals surface area contributed by atoms with Crippen molar-refractivity contribution in [1.82, 2.24) is 0 Å². The van der Waals surface area contributed by atoms with Crippen molar-refractivity contribution in [2.24, 2.45) is 0 Å². The highest BCUT2D eigenvalue weighted by Crippen LogP contribution is 2.36. The van der Waals surface area contributed by atoms with Crippen molar-refractivity contribution in [3.05, 3.63) is 0 Å². The summed E-state index contributed by atoms with van der Waals surface area (Å²) in [6.45, 7) is -3.19. The van der Waals surface area contributed by atoms with Gasteiger partial charge in [-0.05, 0) is 0 Å². The Hall–Kier alpha value is -0.930. The van der Waals surface area contributed by atoms with E-state index in [4.69, 9.17) is 14.6 Å². The first kappa shape index (κ1) is 29.3. The van der Waals surface area contributed by atoms with Crippen molar-refractivity contribution in [2.75, 3.05) is 19.8 Å². The molecule has 0 aromatic rings. The van der Waals surface area contributed by atoms with Crippen molar-refractivity contribution in [1.29, 1.82) is 0 Å². The zero-order chi connectivity index (χ0) is 26.1. The van der Waals surface area contributed by atoms with Crippen LogP contribution in [0.15, 0.2) is 0 Å². The second-order valence-corrected chi connectivity index (χ2v) is 8.37. The molecule has 2 unspecified atom stereocenters. The molecule has 0 amide bonds. The minimum absolute atomic E-state index is 0.985. The van der Waals surface area contributed by atoms with Crippen molar-refractivity contribution >= 4 is 5.78 Å². The fourth-order valence-electron chi connectivity index (χ4n) is 4.04. The maximum absolute atomic E-state index is 13.4. The summed E-state index contributed by atoms with van der Waals surface area (Å²) in [6.07, 6.45) is -28.6. The number of ether oxygens (including phenoxy) is 2. The summed E-state index contributed by atoms with van der Waals surface area (Å²) in [4.78, 5) is 13.4. The fourth-order valence-corrected chi connectivity index (χ4v) is 4.04. The van der Waals surface area contributed by atoms with E-state index in [1.165, 1.54) is 0 Å². The van der Waals surface area contributed by atoms with Gasteiger partial charge in [-0.2, -0.15) is 0 Å². The van der Waals surface area contributed by atoms with Crippen LogP contribution >= 0.6 is 0 Å². The van der Waals surface area contributed by atoms with E-state index in [1.54, 1.807) is 0 Å². The summed E-state index contributed by atoms with van der Waals surface area (Å²) in [6, 6.07) is 0. The first-order chi connectivity index (χ1) is 15.8. The van der Waals surface area contributed by atoms with Gasteiger partial charge in [-0.25, -0.2) is 0 Å². The predicted molar refractivity (Wildman–Crippen MR) is 103 cm³/mol.